The van der Waals surface area contributed by atoms with Crippen molar-refractivity contribution in [2.45, 2.75) is 25.3 Å². The van der Waals surface area contributed by atoms with Crippen LogP contribution in [0, 0.1) is 6.92 Å². The monoisotopic (exact) mass is 415 g/mol. The van der Waals surface area contributed by atoms with Gasteiger partial charge in [-0.2, -0.15) is 0 Å². The number of carbonyl (C=O) groups excluding carboxylic acids is 2. The predicted molar refractivity (Wildman–Crippen MR) is 119 cm³/mol. The van der Waals surface area contributed by atoms with Crippen molar-refractivity contribution in [3.63, 3.8) is 0 Å². The maximum atomic E-state index is 12.6. The number of ether oxygens (including phenoxy) is 2. The van der Waals surface area contributed by atoms with E-state index >= 15 is 0 Å². The molecule has 1 aliphatic rings. The number of nitrogens with one attached hydrogen (secondary N) is 1. The van der Waals surface area contributed by atoms with Crippen LogP contribution >= 0.6 is 0 Å². The fourth-order valence-electron chi connectivity index (χ4n) is 4.08. The molecule has 158 valence electrons. The highest BCUT2D eigenvalue weighted by atomic mass is 16.6. The first-order chi connectivity index (χ1) is 15.1. The lowest BCUT2D eigenvalue weighted by Gasteiger charge is -2.18. The standard InChI is InChI=1S/C26H25NO4/c1-17-11-13-18(14-12-17)15-24(25(28)30-2)27-26(29)31-16-23-21-9-5-3-7-19(21)20-8-4-6-10-22(20)23/h3-14,23-24H,15-16H2,1-2H3,(H,27,29). The number of aryl methyl sites for hydroxylation is 1. The quantitative estimate of drug-likeness (QED) is 0.597. The lowest BCUT2D eigenvalue weighted by molar-refractivity contribution is -0.142. The summed E-state index contributed by atoms with van der Waals surface area (Å²) in [5.74, 6) is -0.541. The van der Waals surface area contributed by atoms with Crippen molar-refractivity contribution in [1.29, 1.82) is 0 Å². The second kappa shape index (κ2) is 9.04. The van der Waals surface area contributed by atoms with Crippen LogP contribution in [0.4, 0.5) is 4.79 Å². The Morgan fingerprint density at radius 1 is 0.903 bits per heavy atom. The molecule has 0 fully saturated rings. The largest absolute Gasteiger partial charge is 0.467 e. The molecule has 31 heavy (non-hydrogen) atoms. The summed E-state index contributed by atoms with van der Waals surface area (Å²) in [6.07, 6.45) is -0.304. The first kappa shape index (κ1) is 20.7. The SMILES string of the molecule is COC(=O)C(Cc1ccc(C)cc1)NC(=O)OCC1c2ccccc2-c2ccccc21. The second-order valence-electron chi connectivity index (χ2n) is 7.74. The van der Waals surface area contributed by atoms with Gasteiger partial charge >= 0.3 is 12.1 Å². The van der Waals surface area contributed by atoms with E-state index in [0.717, 1.165) is 22.3 Å². The smallest absolute Gasteiger partial charge is 0.407 e. The Kier molecular flexibility index (Phi) is 6.03. The predicted octanol–water partition coefficient (Wildman–Crippen LogP) is 4.62. The van der Waals surface area contributed by atoms with Crippen molar-refractivity contribution < 1.29 is 19.1 Å². The van der Waals surface area contributed by atoms with Crippen LogP contribution in [0.2, 0.25) is 0 Å². The molecule has 3 aromatic rings. The Bertz CT molecular complexity index is 1050. The van der Waals surface area contributed by atoms with Crippen LogP contribution in [-0.2, 0) is 20.7 Å². The first-order valence-electron chi connectivity index (χ1n) is 10.3. The van der Waals surface area contributed by atoms with E-state index in [1.807, 2.05) is 55.5 Å². The van der Waals surface area contributed by atoms with E-state index in [0.29, 0.717) is 6.42 Å². The minimum absolute atomic E-state index is 0.0353. The Balaban J connectivity index is 1.44. The first-order valence-corrected chi connectivity index (χ1v) is 10.3. The van der Waals surface area contributed by atoms with Crippen LogP contribution in [0.3, 0.4) is 0 Å². The molecule has 0 bridgehead atoms. The van der Waals surface area contributed by atoms with E-state index in [1.54, 1.807) is 0 Å². The molecule has 0 aliphatic heterocycles. The van der Waals surface area contributed by atoms with E-state index in [4.69, 9.17) is 9.47 Å². The van der Waals surface area contributed by atoms with E-state index in [1.165, 1.54) is 18.2 Å². The number of benzene rings is 3. The number of hydrogen-bond donors (Lipinski definition) is 1. The highest BCUT2D eigenvalue weighted by molar-refractivity contribution is 5.82. The zero-order valence-corrected chi connectivity index (χ0v) is 17.6. The minimum atomic E-state index is -0.816. The summed E-state index contributed by atoms with van der Waals surface area (Å²) in [5, 5.41) is 2.67. The zero-order valence-electron chi connectivity index (χ0n) is 17.6. The summed E-state index contributed by atoms with van der Waals surface area (Å²) < 4.78 is 10.4. The van der Waals surface area contributed by atoms with Crippen LogP contribution in [0.1, 0.15) is 28.2 Å². The van der Waals surface area contributed by atoms with Crippen molar-refractivity contribution in [2.24, 2.45) is 0 Å². The number of carbonyl (C=O) groups is 2. The molecule has 0 aromatic heterocycles. The van der Waals surface area contributed by atoms with Crippen LogP contribution in [0.5, 0.6) is 0 Å². The Morgan fingerprint density at radius 2 is 1.48 bits per heavy atom. The van der Waals surface area contributed by atoms with Crippen molar-refractivity contribution in [3.05, 3.63) is 95.1 Å². The molecule has 3 aromatic carbocycles. The van der Waals surface area contributed by atoms with Gasteiger partial charge in [-0.05, 0) is 34.7 Å². The highest BCUT2D eigenvalue weighted by Crippen LogP contribution is 2.44. The minimum Gasteiger partial charge on any atom is -0.467 e. The molecule has 1 aliphatic carbocycles. The zero-order chi connectivity index (χ0) is 21.8. The van der Waals surface area contributed by atoms with Crippen molar-refractivity contribution in [1.82, 2.24) is 5.32 Å². The van der Waals surface area contributed by atoms with Gasteiger partial charge < -0.3 is 14.8 Å². The molecule has 0 radical (unpaired) electrons. The van der Waals surface area contributed by atoms with Gasteiger partial charge in [0.1, 0.15) is 12.6 Å². The number of fused-ring (bicyclic) bond motifs is 3. The maximum absolute atomic E-state index is 12.6. The van der Waals surface area contributed by atoms with Gasteiger partial charge in [0.2, 0.25) is 0 Å². The van der Waals surface area contributed by atoms with Gasteiger partial charge in [-0.15, -0.1) is 0 Å². The molecule has 4 rings (SSSR count). The summed E-state index contributed by atoms with van der Waals surface area (Å²) in [4.78, 5) is 24.8. The number of methoxy groups -OCH3 is 1. The van der Waals surface area contributed by atoms with Crippen LogP contribution in [0.25, 0.3) is 11.1 Å². The van der Waals surface area contributed by atoms with E-state index in [9.17, 15) is 9.59 Å². The van der Waals surface area contributed by atoms with Crippen molar-refractivity contribution >= 4 is 12.1 Å². The lowest BCUT2D eigenvalue weighted by Crippen LogP contribution is -2.43. The van der Waals surface area contributed by atoms with E-state index in [2.05, 4.69) is 29.6 Å². The van der Waals surface area contributed by atoms with Gasteiger partial charge in [0.25, 0.3) is 0 Å². The number of esters is 1. The molecule has 0 spiro atoms. The van der Waals surface area contributed by atoms with Gasteiger partial charge in [-0.25, -0.2) is 9.59 Å². The summed E-state index contributed by atoms with van der Waals surface area (Å²) in [6.45, 7) is 2.19. The second-order valence-corrected chi connectivity index (χ2v) is 7.74. The lowest BCUT2D eigenvalue weighted by atomic mass is 9.98. The van der Waals surface area contributed by atoms with Gasteiger partial charge in [0, 0.05) is 12.3 Å². The van der Waals surface area contributed by atoms with Gasteiger partial charge in [-0.1, -0.05) is 78.4 Å². The molecule has 1 unspecified atom stereocenters. The molecule has 0 heterocycles. The molecular formula is C26H25NO4. The summed E-state index contributed by atoms with van der Waals surface area (Å²) >= 11 is 0. The maximum Gasteiger partial charge on any atom is 0.407 e. The van der Waals surface area contributed by atoms with Crippen molar-refractivity contribution in [3.8, 4) is 11.1 Å². The summed E-state index contributed by atoms with van der Waals surface area (Å²) in [7, 11) is 1.31. The van der Waals surface area contributed by atoms with Crippen LogP contribution in [-0.4, -0.2) is 31.8 Å². The van der Waals surface area contributed by atoms with Crippen molar-refractivity contribution in [2.75, 3.05) is 13.7 Å². The third-order valence-electron chi connectivity index (χ3n) is 5.68. The summed E-state index contributed by atoms with van der Waals surface area (Å²) in [5.41, 5.74) is 6.67. The Hall–Kier alpha value is -3.60. The summed E-state index contributed by atoms with van der Waals surface area (Å²) in [6, 6.07) is 23.3. The highest BCUT2D eigenvalue weighted by Gasteiger charge is 2.30. The van der Waals surface area contributed by atoms with Gasteiger partial charge in [0.05, 0.1) is 7.11 Å². The molecule has 0 saturated carbocycles. The average molecular weight is 415 g/mol. The number of amides is 1. The number of rotatable bonds is 6. The topological polar surface area (TPSA) is 64.6 Å². The van der Waals surface area contributed by atoms with Gasteiger partial charge in [0.15, 0.2) is 0 Å². The molecule has 0 saturated heterocycles. The fourth-order valence-corrected chi connectivity index (χ4v) is 4.08. The fraction of sp³-hybridized carbons (Fsp3) is 0.231. The third-order valence-corrected chi connectivity index (χ3v) is 5.68. The number of hydrogen-bond acceptors (Lipinski definition) is 4. The molecule has 1 N–H and O–H groups in total. The molecule has 1 amide bonds. The van der Waals surface area contributed by atoms with Crippen LogP contribution < -0.4 is 5.32 Å². The van der Waals surface area contributed by atoms with Gasteiger partial charge in [-0.3, -0.25) is 0 Å². The Morgan fingerprint density at radius 3 is 2.06 bits per heavy atom. The molecule has 1 atom stereocenters. The molecular weight excluding hydrogens is 390 g/mol. The molecule has 5 heteroatoms. The molecule has 5 nitrogen and oxygen atoms in total. The number of alkyl carbamates (subject to hydrolysis) is 1. The average Bonchev–Trinajstić information content (AvgIpc) is 3.12. The third kappa shape index (κ3) is 4.45. The normalized spacial score (nSPS) is 13.1. The van der Waals surface area contributed by atoms with E-state index in [-0.39, 0.29) is 12.5 Å². The Labute approximate surface area is 182 Å². The van der Waals surface area contributed by atoms with Crippen LogP contribution in [0.15, 0.2) is 72.8 Å². The van der Waals surface area contributed by atoms with E-state index < -0.39 is 18.1 Å².